The van der Waals surface area contributed by atoms with Crippen molar-refractivity contribution >= 4 is 23.2 Å². The van der Waals surface area contributed by atoms with Crippen LogP contribution in [0.25, 0.3) is 11.3 Å². The van der Waals surface area contributed by atoms with Crippen LogP contribution in [0.4, 0.5) is 4.39 Å². The van der Waals surface area contributed by atoms with E-state index in [1.54, 1.807) is 6.20 Å². The normalized spacial score (nSPS) is 11.3. The van der Waals surface area contributed by atoms with Crippen LogP contribution in [0.1, 0.15) is 26.1 Å². The van der Waals surface area contributed by atoms with E-state index in [9.17, 15) is 4.39 Å². The van der Waals surface area contributed by atoms with Gasteiger partial charge in [-0.1, -0.05) is 37.0 Å². The number of hydrogen-bond donors (Lipinski definition) is 2. The summed E-state index contributed by atoms with van der Waals surface area (Å²) in [5.74, 6) is 0.371. The molecule has 0 aliphatic heterocycles. The van der Waals surface area contributed by atoms with Gasteiger partial charge < -0.3 is 10.3 Å². The third kappa shape index (κ3) is 4.43. The Morgan fingerprint density at radius 1 is 1.29 bits per heavy atom. The first kappa shape index (κ1) is 16.3. The maximum atomic E-state index is 13.5. The molecule has 0 atom stereocenters. The number of nitrogens with zero attached hydrogens (tertiary/aromatic N) is 1. The molecule has 0 aliphatic carbocycles. The average Bonchev–Trinajstić information content (AvgIpc) is 2.87. The molecule has 2 N–H and O–H groups in total. The fourth-order valence-corrected chi connectivity index (χ4v) is 2.49. The maximum absolute atomic E-state index is 13.5. The molecule has 0 spiro atoms. The predicted molar refractivity (Wildman–Crippen MR) is 85.5 cm³/mol. The van der Waals surface area contributed by atoms with E-state index in [4.69, 9.17) is 23.2 Å². The van der Waals surface area contributed by atoms with E-state index >= 15 is 0 Å². The Hall–Kier alpha value is -1.10. The van der Waals surface area contributed by atoms with Gasteiger partial charge in [0.05, 0.1) is 21.9 Å². The van der Waals surface area contributed by atoms with Gasteiger partial charge in [-0.05, 0) is 25.1 Å². The first-order chi connectivity index (χ1) is 9.97. The van der Waals surface area contributed by atoms with Gasteiger partial charge in [-0.15, -0.1) is 0 Å². The first-order valence-corrected chi connectivity index (χ1v) is 7.65. The van der Waals surface area contributed by atoms with Gasteiger partial charge in [-0.3, -0.25) is 0 Å². The Morgan fingerprint density at radius 3 is 2.76 bits per heavy atom. The molecule has 0 saturated heterocycles. The van der Waals surface area contributed by atoms with Crippen molar-refractivity contribution in [1.82, 2.24) is 15.3 Å². The van der Waals surface area contributed by atoms with Crippen LogP contribution in [-0.4, -0.2) is 22.6 Å². The summed E-state index contributed by atoms with van der Waals surface area (Å²) >= 11 is 11.8. The van der Waals surface area contributed by atoms with Gasteiger partial charge in [0, 0.05) is 18.0 Å². The lowest BCUT2D eigenvalue weighted by molar-refractivity contribution is 0.567. The summed E-state index contributed by atoms with van der Waals surface area (Å²) in [4.78, 5) is 7.48. The fourth-order valence-electron chi connectivity index (χ4n) is 2.00. The Morgan fingerprint density at radius 2 is 2.05 bits per heavy atom. The average molecular weight is 330 g/mol. The molecule has 114 valence electrons. The zero-order valence-corrected chi connectivity index (χ0v) is 13.5. The number of hydrogen-bond acceptors (Lipinski definition) is 2. The van der Waals surface area contributed by atoms with E-state index < -0.39 is 5.82 Å². The van der Waals surface area contributed by atoms with Crippen molar-refractivity contribution < 1.29 is 4.39 Å². The molecule has 2 rings (SSSR count). The topological polar surface area (TPSA) is 40.7 Å². The van der Waals surface area contributed by atoms with Crippen LogP contribution in [0.3, 0.4) is 0 Å². The van der Waals surface area contributed by atoms with E-state index in [0.29, 0.717) is 22.3 Å². The highest BCUT2D eigenvalue weighted by atomic mass is 35.5. The van der Waals surface area contributed by atoms with Gasteiger partial charge in [-0.2, -0.15) is 0 Å². The van der Waals surface area contributed by atoms with E-state index in [0.717, 1.165) is 25.2 Å². The number of imidazole rings is 1. The molecule has 3 nitrogen and oxygen atoms in total. The lowest BCUT2D eigenvalue weighted by Crippen LogP contribution is -2.24. The van der Waals surface area contributed by atoms with Crippen molar-refractivity contribution in [2.24, 2.45) is 0 Å². The molecule has 6 heteroatoms. The van der Waals surface area contributed by atoms with Gasteiger partial charge in [0.2, 0.25) is 0 Å². The third-order valence-electron chi connectivity index (χ3n) is 3.07. The SMILES string of the molecule is CC(C)NCCCc1ncc(-c2cc(F)c(Cl)cc2Cl)[nH]1. The summed E-state index contributed by atoms with van der Waals surface area (Å²) in [6, 6.07) is 3.20. The number of aromatic nitrogens is 2. The van der Waals surface area contributed by atoms with Gasteiger partial charge in [0.25, 0.3) is 0 Å². The number of nitrogens with one attached hydrogen (secondary N) is 2. The number of H-pyrrole nitrogens is 1. The van der Waals surface area contributed by atoms with Crippen LogP contribution in [0.2, 0.25) is 10.0 Å². The van der Waals surface area contributed by atoms with Gasteiger partial charge in [0.1, 0.15) is 11.6 Å². The van der Waals surface area contributed by atoms with Crippen LogP contribution in [0.15, 0.2) is 18.3 Å². The molecule has 0 saturated carbocycles. The highest BCUT2D eigenvalue weighted by molar-refractivity contribution is 6.36. The summed E-state index contributed by atoms with van der Waals surface area (Å²) in [5.41, 5.74) is 1.26. The van der Waals surface area contributed by atoms with Crippen molar-refractivity contribution in [3.05, 3.63) is 40.0 Å². The minimum Gasteiger partial charge on any atom is -0.342 e. The van der Waals surface area contributed by atoms with Crippen molar-refractivity contribution in [3.8, 4) is 11.3 Å². The second kappa shape index (κ2) is 7.25. The van der Waals surface area contributed by atoms with Gasteiger partial charge >= 0.3 is 0 Å². The summed E-state index contributed by atoms with van der Waals surface area (Å²) < 4.78 is 13.5. The molecule has 1 aromatic heterocycles. The molecule has 0 radical (unpaired) electrons. The van der Waals surface area contributed by atoms with Crippen LogP contribution >= 0.6 is 23.2 Å². The fraction of sp³-hybridized carbons (Fsp3) is 0.400. The summed E-state index contributed by atoms with van der Waals surface area (Å²) in [6.07, 6.45) is 3.47. The first-order valence-electron chi connectivity index (χ1n) is 6.89. The number of aryl methyl sites for hydroxylation is 1. The summed E-state index contributed by atoms with van der Waals surface area (Å²) in [7, 11) is 0. The highest BCUT2D eigenvalue weighted by Gasteiger charge is 2.11. The van der Waals surface area contributed by atoms with Crippen molar-refractivity contribution in [1.29, 1.82) is 0 Å². The van der Waals surface area contributed by atoms with Gasteiger partial charge in [0.15, 0.2) is 0 Å². The molecule has 0 bridgehead atoms. The molecular weight excluding hydrogens is 312 g/mol. The monoisotopic (exact) mass is 329 g/mol. The molecule has 1 aromatic carbocycles. The van der Waals surface area contributed by atoms with Crippen LogP contribution in [0, 0.1) is 5.82 Å². The van der Waals surface area contributed by atoms with Crippen LogP contribution < -0.4 is 5.32 Å². The molecule has 0 aliphatic rings. The number of halogens is 3. The minimum absolute atomic E-state index is 0.0169. The Bertz CT molecular complexity index is 611. The van der Waals surface area contributed by atoms with Crippen LogP contribution in [0.5, 0.6) is 0 Å². The lowest BCUT2D eigenvalue weighted by atomic mass is 10.1. The molecule has 0 unspecified atom stereocenters. The van der Waals surface area contributed by atoms with Crippen molar-refractivity contribution in [2.75, 3.05) is 6.54 Å². The highest BCUT2D eigenvalue weighted by Crippen LogP contribution is 2.31. The molecule has 1 heterocycles. The predicted octanol–water partition coefficient (Wildman–Crippen LogP) is 4.45. The second-order valence-corrected chi connectivity index (χ2v) is 6.02. The summed E-state index contributed by atoms with van der Waals surface area (Å²) in [5, 5.41) is 3.77. The number of rotatable bonds is 6. The largest absolute Gasteiger partial charge is 0.342 e. The zero-order chi connectivity index (χ0) is 15.4. The Balaban J connectivity index is 2.04. The quantitative estimate of drug-likeness (QED) is 0.607. The van der Waals surface area contributed by atoms with Gasteiger partial charge in [-0.25, -0.2) is 9.37 Å². The van der Waals surface area contributed by atoms with E-state index in [2.05, 4.69) is 29.1 Å². The molecular formula is C15H18Cl2FN3. The van der Waals surface area contributed by atoms with Crippen molar-refractivity contribution in [3.63, 3.8) is 0 Å². The molecule has 2 aromatic rings. The Labute approximate surface area is 133 Å². The number of benzene rings is 1. The van der Waals surface area contributed by atoms with Crippen molar-refractivity contribution in [2.45, 2.75) is 32.7 Å². The molecule has 21 heavy (non-hydrogen) atoms. The number of aromatic amines is 1. The molecule has 0 amide bonds. The minimum atomic E-state index is -0.492. The van der Waals surface area contributed by atoms with E-state index in [1.807, 2.05) is 0 Å². The standard InChI is InChI=1S/C15H18Cl2FN3/c1-9(2)19-5-3-4-15-20-8-14(21-15)10-6-13(18)12(17)7-11(10)16/h6-9,19H,3-5H2,1-2H3,(H,20,21). The van der Waals surface area contributed by atoms with E-state index in [-0.39, 0.29) is 5.02 Å². The zero-order valence-electron chi connectivity index (χ0n) is 12.0. The van der Waals surface area contributed by atoms with E-state index in [1.165, 1.54) is 12.1 Å². The van der Waals surface area contributed by atoms with Crippen LogP contribution in [-0.2, 0) is 6.42 Å². The summed E-state index contributed by atoms with van der Waals surface area (Å²) in [6.45, 7) is 5.16. The smallest absolute Gasteiger partial charge is 0.142 e. The second-order valence-electron chi connectivity index (χ2n) is 5.20. The lowest BCUT2D eigenvalue weighted by Gasteiger charge is -2.06. The third-order valence-corrected chi connectivity index (χ3v) is 3.67. The maximum Gasteiger partial charge on any atom is 0.142 e. The molecule has 0 fully saturated rings. The Kier molecular flexibility index (Phi) is 5.62.